The highest BCUT2D eigenvalue weighted by atomic mass is 28.3. The largest absolute Gasteiger partial charge is 0.409 e. The smallest absolute Gasteiger partial charge is 0.252 e. The van der Waals surface area contributed by atoms with Gasteiger partial charge in [-0.15, -0.1) is 0 Å². The molecule has 78 valence electrons. The van der Waals surface area contributed by atoms with Gasteiger partial charge in [-0.1, -0.05) is 32.6 Å². The molecule has 1 rings (SSSR count). The van der Waals surface area contributed by atoms with E-state index in [9.17, 15) is 0 Å². The number of nitrogens with one attached hydrogen (secondary N) is 1. The molecule has 0 saturated heterocycles. The van der Waals surface area contributed by atoms with Gasteiger partial charge in [0, 0.05) is 7.11 Å². The zero-order valence-electron chi connectivity index (χ0n) is 9.01. The molecule has 0 aromatic rings. The molecule has 1 aliphatic rings. The average Bonchev–Trinajstić information content (AvgIpc) is 2.64. The first-order valence-electron chi connectivity index (χ1n) is 5.63. The van der Waals surface area contributed by atoms with Crippen LogP contribution < -0.4 is 4.98 Å². The van der Waals surface area contributed by atoms with E-state index in [4.69, 9.17) is 4.43 Å². The molecular weight excluding hydrogens is 178 g/mol. The van der Waals surface area contributed by atoms with Gasteiger partial charge in [0.25, 0.3) is 9.20 Å². The zero-order chi connectivity index (χ0) is 9.52. The summed E-state index contributed by atoms with van der Waals surface area (Å²) in [6.45, 7) is 3.35. The summed E-state index contributed by atoms with van der Waals surface area (Å²) in [4.78, 5) is 3.56. The predicted octanol–water partition coefficient (Wildman–Crippen LogP) is 2.04. The lowest BCUT2D eigenvalue weighted by atomic mass is 10.1. The fourth-order valence-electron chi connectivity index (χ4n) is 2.12. The molecule has 0 aliphatic heterocycles. The molecule has 0 heterocycles. The fraction of sp³-hybridized carbons (Fsp3) is 1.00. The van der Waals surface area contributed by atoms with Gasteiger partial charge in [0.1, 0.15) is 0 Å². The monoisotopic (exact) mass is 201 g/mol. The standard InChI is InChI=1S/C10H23NOSi/c1-3-8-11-13(12-2)9-10-6-4-5-7-10/h10-11,13H,3-9H2,1-2H3. The third-order valence-corrected chi connectivity index (χ3v) is 5.34. The van der Waals surface area contributed by atoms with Crippen LogP contribution in [0.4, 0.5) is 0 Å². The molecule has 1 N–H and O–H groups in total. The van der Waals surface area contributed by atoms with Crippen molar-refractivity contribution in [1.82, 2.24) is 4.98 Å². The van der Waals surface area contributed by atoms with Crippen LogP contribution in [0.15, 0.2) is 0 Å². The minimum atomic E-state index is -1.03. The van der Waals surface area contributed by atoms with Crippen LogP contribution >= 0.6 is 0 Å². The van der Waals surface area contributed by atoms with E-state index in [1.54, 1.807) is 0 Å². The quantitative estimate of drug-likeness (QED) is 0.664. The zero-order valence-corrected chi connectivity index (χ0v) is 10.2. The number of hydrogen-bond acceptors (Lipinski definition) is 2. The van der Waals surface area contributed by atoms with Crippen LogP contribution in [0, 0.1) is 5.92 Å². The minimum absolute atomic E-state index is 0.973. The maximum absolute atomic E-state index is 5.54. The molecule has 3 heteroatoms. The Hall–Kier alpha value is 0.137. The Kier molecular flexibility index (Phi) is 5.67. The van der Waals surface area contributed by atoms with Gasteiger partial charge >= 0.3 is 0 Å². The third kappa shape index (κ3) is 4.25. The molecule has 0 amide bonds. The summed E-state index contributed by atoms with van der Waals surface area (Å²) in [6, 6.07) is 1.34. The summed E-state index contributed by atoms with van der Waals surface area (Å²) < 4.78 is 5.54. The molecule has 1 fully saturated rings. The molecule has 1 aliphatic carbocycles. The van der Waals surface area contributed by atoms with Crippen LogP contribution in [0.5, 0.6) is 0 Å². The van der Waals surface area contributed by atoms with Gasteiger partial charge in [0.15, 0.2) is 0 Å². The second-order valence-corrected chi connectivity index (χ2v) is 6.39. The molecule has 13 heavy (non-hydrogen) atoms. The Morgan fingerprint density at radius 1 is 1.38 bits per heavy atom. The SMILES string of the molecule is CCCN[SiH](CC1CCCC1)OC. The summed E-state index contributed by atoms with van der Waals surface area (Å²) in [5.74, 6) is 0.973. The maximum Gasteiger partial charge on any atom is 0.252 e. The summed E-state index contributed by atoms with van der Waals surface area (Å²) in [5, 5.41) is 0. The lowest BCUT2D eigenvalue weighted by Crippen LogP contribution is -2.37. The topological polar surface area (TPSA) is 21.3 Å². The lowest BCUT2D eigenvalue weighted by molar-refractivity contribution is 0.393. The molecule has 1 unspecified atom stereocenters. The molecular formula is C10H23NOSi. The van der Waals surface area contributed by atoms with Crippen molar-refractivity contribution >= 4 is 9.20 Å². The van der Waals surface area contributed by atoms with Crippen LogP contribution in [-0.2, 0) is 4.43 Å². The predicted molar refractivity (Wildman–Crippen MR) is 59.2 cm³/mol. The van der Waals surface area contributed by atoms with Crippen molar-refractivity contribution in [3.05, 3.63) is 0 Å². The molecule has 0 aromatic heterocycles. The van der Waals surface area contributed by atoms with E-state index < -0.39 is 9.20 Å². The van der Waals surface area contributed by atoms with Gasteiger partial charge < -0.3 is 9.41 Å². The maximum atomic E-state index is 5.54. The van der Waals surface area contributed by atoms with Crippen molar-refractivity contribution in [2.45, 2.75) is 45.1 Å². The lowest BCUT2D eigenvalue weighted by Gasteiger charge is -2.18. The van der Waals surface area contributed by atoms with E-state index >= 15 is 0 Å². The first kappa shape index (κ1) is 11.2. The summed E-state index contributed by atoms with van der Waals surface area (Å²) in [6.07, 6.45) is 7.01. The van der Waals surface area contributed by atoms with Gasteiger partial charge in [0.05, 0.1) is 0 Å². The van der Waals surface area contributed by atoms with E-state index in [-0.39, 0.29) is 0 Å². The molecule has 1 saturated carbocycles. The third-order valence-electron chi connectivity index (χ3n) is 2.93. The van der Waals surface area contributed by atoms with Crippen molar-refractivity contribution < 1.29 is 4.43 Å². The average molecular weight is 201 g/mol. The van der Waals surface area contributed by atoms with E-state index in [1.165, 1.54) is 38.1 Å². The van der Waals surface area contributed by atoms with Crippen LogP contribution in [0.1, 0.15) is 39.0 Å². The normalized spacial score (nSPS) is 20.8. The van der Waals surface area contributed by atoms with Crippen molar-refractivity contribution in [2.24, 2.45) is 5.92 Å². The van der Waals surface area contributed by atoms with Crippen LogP contribution in [0.2, 0.25) is 6.04 Å². The Labute approximate surface area is 83.9 Å². The number of hydrogen-bond donors (Lipinski definition) is 1. The Bertz CT molecular complexity index is 126. The second-order valence-electron chi connectivity index (χ2n) is 4.06. The highest BCUT2D eigenvalue weighted by Crippen LogP contribution is 2.28. The molecule has 0 aromatic carbocycles. The molecule has 0 bridgehead atoms. The van der Waals surface area contributed by atoms with Crippen molar-refractivity contribution in [3.8, 4) is 0 Å². The van der Waals surface area contributed by atoms with Crippen LogP contribution in [0.3, 0.4) is 0 Å². The van der Waals surface area contributed by atoms with Crippen molar-refractivity contribution in [2.75, 3.05) is 13.7 Å². The van der Waals surface area contributed by atoms with E-state index in [1.807, 2.05) is 7.11 Å². The van der Waals surface area contributed by atoms with E-state index in [0.29, 0.717) is 0 Å². The fourth-order valence-corrected chi connectivity index (χ4v) is 4.33. The molecule has 0 radical (unpaired) electrons. The molecule has 2 nitrogen and oxygen atoms in total. The number of rotatable bonds is 6. The van der Waals surface area contributed by atoms with E-state index in [2.05, 4.69) is 11.9 Å². The highest BCUT2D eigenvalue weighted by molar-refractivity contribution is 6.48. The second kappa shape index (κ2) is 6.57. The van der Waals surface area contributed by atoms with Crippen LogP contribution in [-0.4, -0.2) is 22.9 Å². The molecule has 0 spiro atoms. The highest BCUT2D eigenvalue weighted by Gasteiger charge is 2.20. The van der Waals surface area contributed by atoms with Gasteiger partial charge in [-0.2, -0.15) is 0 Å². The Morgan fingerprint density at radius 2 is 2.08 bits per heavy atom. The first-order chi connectivity index (χ1) is 6.36. The Balaban J connectivity index is 2.13. The van der Waals surface area contributed by atoms with Gasteiger partial charge in [-0.3, -0.25) is 0 Å². The summed E-state index contributed by atoms with van der Waals surface area (Å²) >= 11 is 0. The summed E-state index contributed by atoms with van der Waals surface area (Å²) in [5.41, 5.74) is 0. The first-order valence-corrected chi connectivity index (χ1v) is 7.49. The minimum Gasteiger partial charge on any atom is -0.409 e. The summed E-state index contributed by atoms with van der Waals surface area (Å²) in [7, 11) is 0.836. The van der Waals surface area contributed by atoms with Gasteiger partial charge in [0.2, 0.25) is 0 Å². The van der Waals surface area contributed by atoms with Gasteiger partial charge in [-0.25, -0.2) is 0 Å². The van der Waals surface area contributed by atoms with Crippen LogP contribution in [0.25, 0.3) is 0 Å². The van der Waals surface area contributed by atoms with Crippen molar-refractivity contribution in [3.63, 3.8) is 0 Å². The van der Waals surface area contributed by atoms with Gasteiger partial charge in [-0.05, 0) is 24.9 Å². The van der Waals surface area contributed by atoms with Crippen molar-refractivity contribution in [1.29, 1.82) is 0 Å². The Morgan fingerprint density at radius 3 is 2.62 bits per heavy atom. The van der Waals surface area contributed by atoms with E-state index in [0.717, 1.165) is 12.5 Å². The molecule has 1 atom stereocenters.